The lowest BCUT2D eigenvalue weighted by molar-refractivity contribution is -0.191. The first-order chi connectivity index (χ1) is 5.91. The van der Waals surface area contributed by atoms with Crippen LogP contribution >= 0.6 is 0 Å². The van der Waals surface area contributed by atoms with Crippen LogP contribution in [0.15, 0.2) is 11.6 Å². The zero-order valence-corrected chi connectivity index (χ0v) is 8.62. The molecule has 0 aliphatic carbocycles. The largest absolute Gasteiger partial charge is 0.362 e. The molecule has 13 heavy (non-hydrogen) atoms. The van der Waals surface area contributed by atoms with Gasteiger partial charge in [-0.2, -0.15) is 0 Å². The van der Waals surface area contributed by atoms with Crippen LogP contribution in [0.2, 0.25) is 0 Å². The monoisotopic (exact) mass is 183 g/mol. The highest BCUT2D eigenvalue weighted by Crippen LogP contribution is 2.05. The van der Waals surface area contributed by atoms with E-state index in [2.05, 4.69) is 6.92 Å². The van der Waals surface area contributed by atoms with Crippen molar-refractivity contribution < 1.29 is 10.2 Å². The van der Waals surface area contributed by atoms with Crippen molar-refractivity contribution in [3.05, 3.63) is 11.6 Å². The van der Waals surface area contributed by atoms with E-state index in [9.17, 15) is 0 Å². The van der Waals surface area contributed by atoms with Crippen molar-refractivity contribution in [1.82, 2.24) is 4.90 Å². The molecule has 0 amide bonds. The highest BCUT2D eigenvalue weighted by Gasteiger charge is 2.21. The minimum absolute atomic E-state index is 0.458. The highest BCUT2D eigenvalue weighted by molar-refractivity contribution is 6.12. The van der Waals surface area contributed by atoms with Crippen LogP contribution in [0.4, 0.5) is 0 Å². The maximum atomic E-state index is 9.09. The van der Waals surface area contributed by atoms with E-state index in [1.807, 2.05) is 19.9 Å². The molecule has 0 rings (SSSR count). The summed E-state index contributed by atoms with van der Waals surface area (Å²) in [5.74, 6) is -2.21. The van der Waals surface area contributed by atoms with Crippen LogP contribution in [-0.2, 0) is 0 Å². The molecule has 0 aromatic carbocycles. The second-order valence-electron chi connectivity index (χ2n) is 3.13. The first-order valence-electron chi connectivity index (χ1n) is 4.56. The van der Waals surface area contributed by atoms with E-state index in [-0.39, 0.29) is 0 Å². The van der Waals surface area contributed by atoms with Gasteiger partial charge in [0.1, 0.15) is 0 Å². The standard InChI is InChI=1S/C9H18BNO2/c1-4-8(3)6-7-11(5-2)9(10,12)13/h6,12-13H,4-5,7H2,1-3H3/b8-6-. The molecule has 0 aromatic rings. The Morgan fingerprint density at radius 1 is 1.46 bits per heavy atom. The van der Waals surface area contributed by atoms with Crippen LogP contribution in [-0.4, -0.2) is 41.9 Å². The van der Waals surface area contributed by atoms with Gasteiger partial charge >= 0.3 is 0 Å². The fraction of sp³-hybridized carbons (Fsp3) is 0.778. The average molecular weight is 183 g/mol. The van der Waals surface area contributed by atoms with Crippen LogP contribution in [0, 0.1) is 0 Å². The fourth-order valence-corrected chi connectivity index (χ4v) is 0.907. The second kappa shape index (κ2) is 5.42. The third kappa shape index (κ3) is 5.08. The molecule has 0 saturated heterocycles. The first-order valence-corrected chi connectivity index (χ1v) is 4.56. The molecule has 2 radical (unpaired) electrons. The van der Waals surface area contributed by atoms with Crippen molar-refractivity contribution in [3.63, 3.8) is 0 Å². The highest BCUT2D eigenvalue weighted by atomic mass is 16.5. The molecular weight excluding hydrogens is 165 g/mol. The molecule has 0 fully saturated rings. The molecular formula is C9H18BNO2. The molecule has 0 aromatic heterocycles. The minimum atomic E-state index is -2.21. The predicted molar refractivity (Wildman–Crippen MR) is 54.2 cm³/mol. The van der Waals surface area contributed by atoms with E-state index in [0.717, 1.165) is 6.42 Å². The second-order valence-corrected chi connectivity index (χ2v) is 3.13. The Labute approximate surface area is 81.5 Å². The van der Waals surface area contributed by atoms with Crippen molar-refractivity contribution in [2.45, 2.75) is 33.0 Å². The van der Waals surface area contributed by atoms with Gasteiger partial charge in [-0.05, 0) is 19.9 Å². The minimum Gasteiger partial charge on any atom is -0.362 e. The van der Waals surface area contributed by atoms with Crippen molar-refractivity contribution in [2.24, 2.45) is 0 Å². The summed E-state index contributed by atoms with van der Waals surface area (Å²) in [5.41, 5.74) is 1.21. The lowest BCUT2D eigenvalue weighted by Crippen LogP contribution is -2.49. The Hall–Kier alpha value is -0.315. The summed E-state index contributed by atoms with van der Waals surface area (Å²) in [6.45, 7) is 6.83. The van der Waals surface area contributed by atoms with Crippen LogP contribution < -0.4 is 0 Å². The van der Waals surface area contributed by atoms with Crippen LogP contribution in [0.25, 0.3) is 0 Å². The number of hydrogen-bond donors (Lipinski definition) is 2. The third-order valence-electron chi connectivity index (χ3n) is 2.06. The van der Waals surface area contributed by atoms with E-state index in [4.69, 9.17) is 18.1 Å². The lowest BCUT2D eigenvalue weighted by atomic mass is 10.0. The summed E-state index contributed by atoms with van der Waals surface area (Å²) in [5, 5.41) is 18.2. The van der Waals surface area contributed by atoms with Crippen LogP contribution in [0.1, 0.15) is 27.2 Å². The van der Waals surface area contributed by atoms with E-state index in [1.165, 1.54) is 10.5 Å². The van der Waals surface area contributed by atoms with Gasteiger partial charge in [-0.25, -0.2) is 0 Å². The summed E-state index contributed by atoms with van der Waals surface area (Å²) in [7, 11) is 5.13. The van der Waals surface area contributed by atoms with E-state index < -0.39 is 5.81 Å². The van der Waals surface area contributed by atoms with Gasteiger partial charge in [-0.1, -0.05) is 25.5 Å². The Balaban J connectivity index is 4.15. The topological polar surface area (TPSA) is 43.7 Å². The molecule has 2 N–H and O–H groups in total. The summed E-state index contributed by atoms with van der Waals surface area (Å²) >= 11 is 0. The van der Waals surface area contributed by atoms with E-state index in [1.54, 1.807) is 0 Å². The van der Waals surface area contributed by atoms with Gasteiger partial charge in [0.05, 0.1) is 0 Å². The summed E-state index contributed by atoms with van der Waals surface area (Å²) in [4.78, 5) is 1.37. The Morgan fingerprint density at radius 2 is 2.00 bits per heavy atom. The zero-order valence-electron chi connectivity index (χ0n) is 8.62. The molecule has 0 saturated carbocycles. The smallest absolute Gasteiger partial charge is 0.178 e. The number of hydrogen-bond acceptors (Lipinski definition) is 3. The Morgan fingerprint density at radius 3 is 2.31 bits per heavy atom. The van der Waals surface area contributed by atoms with Gasteiger partial charge in [-0.3, -0.25) is 4.90 Å². The molecule has 0 atom stereocenters. The molecule has 0 bridgehead atoms. The van der Waals surface area contributed by atoms with Gasteiger partial charge < -0.3 is 10.2 Å². The average Bonchev–Trinajstić information content (AvgIpc) is 2.02. The molecule has 0 aliphatic rings. The first kappa shape index (κ1) is 12.7. The van der Waals surface area contributed by atoms with E-state index in [0.29, 0.717) is 13.1 Å². The Kier molecular flexibility index (Phi) is 5.29. The summed E-state index contributed by atoms with van der Waals surface area (Å²) < 4.78 is 0. The molecule has 4 heteroatoms. The summed E-state index contributed by atoms with van der Waals surface area (Å²) in [6, 6.07) is 0. The SMILES string of the molecule is [B]C(O)(O)N(CC)C/C=C(/C)CC. The number of allylic oxidation sites excluding steroid dienone is 1. The van der Waals surface area contributed by atoms with E-state index >= 15 is 0 Å². The number of likely N-dealkylation sites (N-methyl/N-ethyl adjacent to an activating group) is 1. The Bertz CT molecular complexity index is 175. The zero-order chi connectivity index (χ0) is 10.5. The lowest BCUT2D eigenvalue weighted by Gasteiger charge is -2.31. The molecule has 0 unspecified atom stereocenters. The van der Waals surface area contributed by atoms with Gasteiger partial charge in [0, 0.05) is 6.54 Å². The van der Waals surface area contributed by atoms with Gasteiger partial charge in [0.25, 0.3) is 0 Å². The molecule has 0 heterocycles. The van der Waals surface area contributed by atoms with Crippen molar-refractivity contribution in [2.75, 3.05) is 13.1 Å². The quantitative estimate of drug-likeness (QED) is 0.369. The maximum absolute atomic E-state index is 9.09. The predicted octanol–water partition coefficient (Wildman–Crippen LogP) is 0.429. The fourth-order valence-electron chi connectivity index (χ4n) is 0.907. The summed E-state index contributed by atoms with van der Waals surface area (Å²) in [6.07, 6.45) is 2.91. The van der Waals surface area contributed by atoms with Crippen LogP contribution in [0.5, 0.6) is 0 Å². The number of nitrogens with zero attached hydrogens (tertiary/aromatic N) is 1. The number of aliphatic hydroxyl groups is 2. The molecule has 0 aliphatic heterocycles. The van der Waals surface area contributed by atoms with Crippen molar-refractivity contribution in [1.29, 1.82) is 0 Å². The van der Waals surface area contributed by atoms with Crippen LogP contribution in [0.3, 0.4) is 0 Å². The molecule has 3 nitrogen and oxygen atoms in total. The molecule has 0 spiro atoms. The third-order valence-corrected chi connectivity index (χ3v) is 2.06. The van der Waals surface area contributed by atoms with Gasteiger partial charge in [0.2, 0.25) is 0 Å². The molecule has 74 valence electrons. The van der Waals surface area contributed by atoms with Gasteiger partial charge in [0.15, 0.2) is 13.7 Å². The van der Waals surface area contributed by atoms with Gasteiger partial charge in [-0.15, -0.1) is 0 Å². The van der Waals surface area contributed by atoms with Crippen molar-refractivity contribution in [3.8, 4) is 0 Å². The maximum Gasteiger partial charge on any atom is 0.178 e. The number of rotatable bonds is 5. The van der Waals surface area contributed by atoms with Crippen molar-refractivity contribution >= 4 is 7.85 Å². The normalized spacial score (nSPS) is 13.8.